The van der Waals surface area contributed by atoms with Gasteiger partial charge in [-0.25, -0.2) is 9.18 Å². The summed E-state index contributed by atoms with van der Waals surface area (Å²) in [6, 6.07) is 10.2. The van der Waals surface area contributed by atoms with Gasteiger partial charge in [0.15, 0.2) is 0 Å². The smallest absolute Gasteiger partial charge is 0.323 e. The minimum Gasteiger partial charge on any atom is -0.491 e. The quantitative estimate of drug-likeness (QED) is 0.654. The predicted molar refractivity (Wildman–Crippen MR) is 125 cm³/mol. The Morgan fingerprint density at radius 3 is 2.70 bits per heavy atom. The van der Waals surface area contributed by atoms with Gasteiger partial charge in [0.2, 0.25) is 0 Å². The van der Waals surface area contributed by atoms with Gasteiger partial charge in [-0.1, -0.05) is 19.1 Å². The number of hydrogen-bond donors (Lipinski definition) is 3. The van der Waals surface area contributed by atoms with Crippen LogP contribution in [0.3, 0.4) is 0 Å². The molecule has 0 unspecified atom stereocenters. The highest BCUT2D eigenvalue weighted by Crippen LogP contribution is 2.26. The molecular formula is C24H31FN4O4. The number of urea groups is 1. The topological polar surface area (TPSA) is 91.9 Å². The van der Waals surface area contributed by atoms with Gasteiger partial charge in [-0.3, -0.25) is 4.79 Å². The van der Waals surface area contributed by atoms with Crippen LogP contribution in [0.25, 0.3) is 0 Å². The molecule has 2 aromatic rings. The number of likely N-dealkylation sites (N-methyl/N-ethyl adjacent to an activating group) is 1. The number of benzene rings is 2. The van der Waals surface area contributed by atoms with Crippen LogP contribution in [0.2, 0.25) is 0 Å². The maximum Gasteiger partial charge on any atom is 0.323 e. The Morgan fingerprint density at radius 1 is 1.21 bits per heavy atom. The maximum atomic E-state index is 13.8. The van der Waals surface area contributed by atoms with E-state index < -0.39 is 11.8 Å². The van der Waals surface area contributed by atoms with Crippen molar-refractivity contribution in [2.24, 2.45) is 5.92 Å². The summed E-state index contributed by atoms with van der Waals surface area (Å²) >= 11 is 0. The standard InChI is InChI=1S/C24H31FN4O4/c1-15-12-26-16(2)14-33-21-10-9-17(11-18(21)23(30)29(3)13-22(15)32-4)27-24(31)28-20-8-6-5-7-19(20)25/h5-11,15-16,22,26H,12-14H2,1-4H3,(H2,27,28,31)/t15-,16+,22-/m0/s1. The molecule has 0 saturated heterocycles. The second-order valence-corrected chi connectivity index (χ2v) is 8.33. The van der Waals surface area contributed by atoms with E-state index in [0.717, 1.165) is 6.54 Å². The van der Waals surface area contributed by atoms with E-state index in [1.54, 1.807) is 43.3 Å². The largest absolute Gasteiger partial charge is 0.491 e. The summed E-state index contributed by atoms with van der Waals surface area (Å²) in [5, 5.41) is 8.54. The summed E-state index contributed by atoms with van der Waals surface area (Å²) in [5.41, 5.74) is 0.751. The highest BCUT2D eigenvalue weighted by Gasteiger charge is 2.25. The average molecular weight is 459 g/mol. The SMILES string of the molecule is CO[C@H]1CN(C)C(=O)c2cc(NC(=O)Nc3ccccc3F)ccc2OC[C@@H](C)NC[C@@H]1C. The molecule has 1 heterocycles. The molecule has 1 aliphatic rings. The van der Waals surface area contributed by atoms with Crippen LogP contribution in [0.5, 0.6) is 5.75 Å². The van der Waals surface area contributed by atoms with Crippen molar-refractivity contribution in [1.29, 1.82) is 0 Å². The van der Waals surface area contributed by atoms with Crippen LogP contribution in [0, 0.1) is 11.7 Å². The monoisotopic (exact) mass is 458 g/mol. The lowest BCUT2D eigenvalue weighted by Crippen LogP contribution is -2.44. The number of anilines is 2. The third-order valence-corrected chi connectivity index (χ3v) is 5.60. The van der Waals surface area contributed by atoms with Gasteiger partial charge in [0.05, 0.1) is 17.4 Å². The highest BCUT2D eigenvalue weighted by atomic mass is 19.1. The zero-order chi connectivity index (χ0) is 24.0. The second kappa shape index (κ2) is 11.1. The average Bonchev–Trinajstić information content (AvgIpc) is 2.80. The lowest BCUT2D eigenvalue weighted by molar-refractivity contribution is 0.0281. The van der Waals surface area contributed by atoms with Crippen molar-refractivity contribution < 1.29 is 23.5 Å². The number of halogens is 1. The van der Waals surface area contributed by atoms with Crippen molar-refractivity contribution in [3.8, 4) is 5.75 Å². The van der Waals surface area contributed by atoms with Gasteiger partial charge in [0.25, 0.3) is 5.91 Å². The molecule has 0 bridgehead atoms. The molecule has 0 spiro atoms. The van der Waals surface area contributed by atoms with Crippen LogP contribution in [0.15, 0.2) is 42.5 Å². The van der Waals surface area contributed by atoms with Crippen LogP contribution in [-0.2, 0) is 4.74 Å². The van der Waals surface area contributed by atoms with Crippen LogP contribution < -0.4 is 20.7 Å². The van der Waals surface area contributed by atoms with Crippen molar-refractivity contribution >= 4 is 23.3 Å². The Labute approximate surface area is 193 Å². The molecule has 9 heteroatoms. The fourth-order valence-electron chi connectivity index (χ4n) is 3.59. The Bertz CT molecular complexity index is 987. The molecule has 178 valence electrons. The molecule has 0 fully saturated rings. The minimum absolute atomic E-state index is 0.0571. The van der Waals surface area contributed by atoms with E-state index >= 15 is 0 Å². The van der Waals surface area contributed by atoms with Crippen LogP contribution >= 0.6 is 0 Å². The first-order chi connectivity index (χ1) is 15.8. The molecule has 8 nitrogen and oxygen atoms in total. The van der Waals surface area contributed by atoms with Crippen molar-refractivity contribution in [2.75, 3.05) is 44.5 Å². The van der Waals surface area contributed by atoms with Gasteiger partial charge in [0.1, 0.15) is 18.2 Å². The van der Waals surface area contributed by atoms with Gasteiger partial charge in [-0.05, 0) is 43.2 Å². The Hall–Kier alpha value is -3.17. The Morgan fingerprint density at radius 2 is 1.97 bits per heavy atom. The molecule has 3 rings (SSSR count). The molecule has 1 aliphatic heterocycles. The highest BCUT2D eigenvalue weighted by molar-refractivity contribution is 6.02. The van der Waals surface area contributed by atoms with Crippen LogP contribution in [0.4, 0.5) is 20.6 Å². The number of hydrogen-bond acceptors (Lipinski definition) is 5. The third kappa shape index (κ3) is 6.43. The minimum atomic E-state index is -0.624. The predicted octanol–water partition coefficient (Wildman–Crippen LogP) is 3.56. The zero-order valence-corrected chi connectivity index (χ0v) is 19.4. The number of nitrogens with one attached hydrogen (secondary N) is 3. The molecule has 2 aromatic carbocycles. The molecule has 3 amide bonds. The molecule has 0 saturated carbocycles. The van der Waals surface area contributed by atoms with E-state index in [4.69, 9.17) is 9.47 Å². The molecule has 3 N–H and O–H groups in total. The molecule has 3 atom stereocenters. The molecule has 33 heavy (non-hydrogen) atoms. The molecule has 0 radical (unpaired) electrons. The van der Waals surface area contributed by atoms with E-state index in [0.29, 0.717) is 30.2 Å². The number of carbonyl (C=O) groups is 2. The lowest BCUT2D eigenvalue weighted by Gasteiger charge is -2.30. The van der Waals surface area contributed by atoms with Crippen molar-refractivity contribution in [1.82, 2.24) is 10.2 Å². The van der Waals surface area contributed by atoms with E-state index in [1.807, 2.05) is 6.92 Å². The summed E-state index contributed by atoms with van der Waals surface area (Å²) in [5.74, 6) is -0.191. The van der Waals surface area contributed by atoms with Crippen molar-refractivity contribution in [3.05, 3.63) is 53.8 Å². The molecule has 0 aromatic heterocycles. The summed E-state index contributed by atoms with van der Waals surface area (Å²) in [4.78, 5) is 27.2. The van der Waals surface area contributed by atoms with Gasteiger partial charge in [0, 0.05) is 39.0 Å². The number of rotatable bonds is 3. The third-order valence-electron chi connectivity index (χ3n) is 5.60. The number of amides is 3. The number of ether oxygens (including phenoxy) is 2. The Balaban J connectivity index is 1.83. The summed E-state index contributed by atoms with van der Waals surface area (Å²) in [6.45, 7) is 5.59. The summed E-state index contributed by atoms with van der Waals surface area (Å²) < 4.78 is 25.4. The van der Waals surface area contributed by atoms with Crippen LogP contribution in [0.1, 0.15) is 24.2 Å². The summed E-state index contributed by atoms with van der Waals surface area (Å²) in [7, 11) is 3.35. The van der Waals surface area contributed by atoms with Gasteiger partial charge < -0.3 is 30.3 Å². The maximum absolute atomic E-state index is 13.8. The first kappa shape index (κ1) is 24.5. The van der Waals surface area contributed by atoms with Crippen molar-refractivity contribution in [2.45, 2.75) is 26.0 Å². The van der Waals surface area contributed by atoms with E-state index in [2.05, 4.69) is 22.9 Å². The lowest BCUT2D eigenvalue weighted by atomic mass is 10.0. The number of carbonyl (C=O) groups excluding carboxylic acids is 2. The molecular weight excluding hydrogens is 427 g/mol. The number of nitrogens with zero attached hydrogens (tertiary/aromatic N) is 1. The van der Waals surface area contributed by atoms with Gasteiger partial charge in [-0.15, -0.1) is 0 Å². The van der Waals surface area contributed by atoms with Crippen molar-refractivity contribution in [3.63, 3.8) is 0 Å². The first-order valence-electron chi connectivity index (χ1n) is 10.9. The van der Waals surface area contributed by atoms with E-state index in [1.165, 1.54) is 18.2 Å². The fraction of sp³-hybridized carbons (Fsp3) is 0.417. The number of para-hydroxylation sites is 1. The van der Waals surface area contributed by atoms with Gasteiger partial charge >= 0.3 is 6.03 Å². The van der Waals surface area contributed by atoms with E-state index in [-0.39, 0.29) is 29.7 Å². The van der Waals surface area contributed by atoms with Crippen LogP contribution in [-0.4, -0.2) is 62.8 Å². The van der Waals surface area contributed by atoms with E-state index in [9.17, 15) is 14.0 Å². The van der Waals surface area contributed by atoms with Gasteiger partial charge in [-0.2, -0.15) is 0 Å². The first-order valence-corrected chi connectivity index (χ1v) is 10.9. The zero-order valence-electron chi connectivity index (χ0n) is 19.4. The molecule has 0 aliphatic carbocycles. The number of methoxy groups -OCH3 is 1. The summed E-state index contributed by atoms with van der Waals surface area (Å²) in [6.07, 6.45) is -0.143. The number of fused-ring (bicyclic) bond motifs is 1. The Kier molecular flexibility index (Phi) is 8.24. The normalized spacial score (nSPS) is 21.8. The second-order valence-electron chi connectivity index (χ2n) is 8.33. The fourth-order valence-corrected chi connectivity index (χ4v) is 3.59.